The van der Waals surface area contributed by atoms with Crippen LogP contribution in [-0.2, 0) is 9.84 Å². The monoisotopic (exact) mass is 296 g/mol. The summed E-state index contributed by atoms with van der Waals surface area (Å²) in [6.45, 7) is 5.61. The Morgan fingerprint density at radius 2 is 2.00 bits per heavy atom. The second-order valence-electron chi connectivity index (χ2n) is 5.88. The highest BCUT2D eigenvalue weighted by Crippen LogP contribution is 2.25. The first-order valence-electron chi connectivity index (χ1n) is 6.52. The van der Waals surface area contributed by atoms with Crippen LogP contribution >= 0.6 is 0 Å². The first kappa shape index (κ1) is 14.8. The van der Waals surface area contributed by atoms with Crippen molar-refractivity contribution in [1.29, 1.82) is 0 Å². The van der Waals surface area contributed by atoms with Crippen LogP contribution in [0.5, 0.6) is 0 Å². The number of sulfone groups is 1. The Labute approximate surface area is 119 Å². The predicted octanol–water partition coefficient (Wildman–Crippen LogP) is 1.23. The van der Waals surface area contributed by atoms with Crippen molar-refractivity contribution in [3.63, 3.8) is 0 Å². The molecule has 1 amide bonds. The largest absolute Gasteiger partial charge is 0.399 e. The number of rotatable bonds is 1. The van der Waals surface area contributed by atoms with E-state index >= 15 is 0 Å². The maximum atomic E-state index is 12.5. The summed E-state index contributed by atoms with van der Waals surface area (Å²) in [5, 5.41) is 0. The number of nitrogen functional groups attached to an aromatic ring is 1. The van der Waals surface area contributed by atoms with E-state index in [2.05, 4.69) is 0 Å². The molecule has 0 unspecified atom stereocenters. The second kappa shape index (κ2) is 4.77. The van der Waals surface area contributed by atoms with Gasteiger partial charge in [-0.15, -0.1) is 0 Å². The van der Waals surface area contributed by atoms with Gasteiger partial charge in [0.1, 0.15) is 0 Å². The molecule has 2 N–H and O–H groups in total. The lowest BCUT2D eigenvalue weighted by atomic mass is 10.1. The van der Waals surface area contributed by atoms with Gasteiger partial charge in [0.25, 0.3) is 5.91 Å². The molecule has 0 aliphatic carbocycles. The normalized spacial score (nSPS) is 20.6. The molecule has 6 heteroatoms. The number of amides is 1. The molecule has 0 saturated carbocycles. The minimum atomic E-state index is -3.15. The molecule has 20 heavy (non-hydrogen) atoms. The van der Waals surface area contributed by atoms with Crippen molar-refractivity contribution in [3.05, 3.63) is 29.3 Å². The summed E-state index contributed by atoms with van der Waals surface area (Å²) >= 11 is 0. The first-order valence-corrected chi connectivity index (χ1v) is 8.17. The molecule has 1 aliphatic rings. The van der Waals surface area contributed by atoms with Crippen LogP contribution in [0, 0.1) is 6.92 Å². The summed E-state index contributed by atoms with van der Waals surface area (Å²) in [5.74, 6) is -0.148. The van der Waals surface area contributed by atoms with E-state index in [1.54, 1.807) is 36.9 Å². The van der Waals surface area contributed by atoms with E-state index in [0.29, 0.717) is 11.3 Å². The molecule has 0 radical (unpaired) electrons. The smallest absolute Gasteiger partial charge is 0.254 e. The van der Waals surface area contributed by atoms with Gasteiger partial charge in [-0.25, -0.2) is 8.42 Å². The van der Waals surface area contributed by atoms with Gasteiger partial charge >= 0.3 is 0 Å². The number of nitrogens with two attached hydrogens (primary N) is 1. The molecule has 1 aromatic carbocycles. The zero-order chi connectivity index (χ0) is 15.1. The first-order chi connectivity index (χ1) is 9.14. The fraction of sp³-hybridized carbons (Fsp3) is 0.500. The SMILES string of the molecule is Cc1ccc(N)cc1C(=O)N1CCS(=O)(=O)C(C)(C)C1. The third-order valence-electron chi connectivity index (χ3n) is 3.82. The third-order valence-corrected chi connectivity index (χ3v) is 6.36. The Hall–Kier alpha value is -1.56. The number of aryl methyl sites for hydroxylation is 1. The number of carbonyl (C=O) groups is 1. The van der Waals surface area contributed by atoms with E-state index in [1.165, 1.54) is 0 Å². The number of nitrogens with zero attached hydrogens (tertiary/aromatic N) is 1. The molecule has 1 saturated heterocycles. The zero-order valence-corrected chi connectivity index (χ0v) is 12.8. The van der Waals surface area contributed by atoms with E-state index in [-0.39, 0.29) is 24.7 Å². The molecular weight excluding hydrogens is 276 g/mol. The summed E-state index contributed by atoms with van der Waals surface area (Å²) in [7, 11) is -3.15. The molecule has 0 atom stereocenters. The van der Waals surface area contributed by atoms with Gasteiger partial charge in [-0.1, -0.05) is 6.07 Å². The van der Waals surface area contributed by atoms with Crippen LogP contribution in [0.25, 0.3) is 0 Å². The lowest BCUT2D eigenvalue weighted by Crippen LogP contribution is -2.54. The number of hydrogen-bond acceptors (Lipinski definition) is 4. The average Bonchev–Trinajstić information content (AvgIpc) is 2.35. The average molecular weight is 296 g/mol. The molecule has 2 rings (SSSR count). The van der Waals surface area contributed by atoms with Gasteiger partial charge in [0, 0.05) is 24.3 Å². The molecule has 110 valence electrons. The Morgan fingerprint density at radius 3 is 2.60 bits per heavy atom. The van der Waals surface area contributed by atoms with Crippen molar-refractivity contribution in [1.82, 2.24) is 4.90 Å². The van der Waals surface area contributed by atoms with Gasteiger partial charge in [0.05, 0.1) is 10.5 Å². The zero-order valence-electron chi connectivity index (χ0n) is 12.0. The quantitative estimate of drug-likeness (QED) is 0.790. The van der Waals surface area contributed by atoms with Crippen LogP contribution in [0.2, 0.25) is 0 Å². The van der Waals surface area contributed by atoms with E-state index in [1.807, 2.05) is 6.92 Å². The van der Waals surface area contributed by atoms with E-state index in [4.69, 9.17) is 5.73 Å². The van der Waals surface area contributed by atoms with Gasteiger partial charge in [0.2, 0.25) is 0 Å². The maximum absolute atomic E-state index is 12.5. The van der Waals surface area contributed by atoms with Crippen LogP contribution in [0.1, 0.15) is 29.8 Å². The summed E-state index contributed by atoms with van der Waals surface area (Å²) in [6, 6.07) is 5.19. The van der Waals surface area contributed by atoms with Crippen molar-refractivity contribution in [2.24, 2.45) is 0 Å². The maximum Gasteiger partial charge on any atom is 0.254 e. The standard InChI is InChI=1S/C14H20N2O3S/c1-10-4-5-11(15)8-12(10)13(17)16-6-7-20(18,19)14(2,3)9-16/h4-5,8H,6-7,9,15H2,1-3H3. The summed E-state index contributed by atoms with van der Waals surface area (Å²) < 4.78 is 23.0. The van der Waals surface area contributed by atoms with Crippen LogP contribution in [-0.4, -0.2) is 42.8 Å². The van der Waals surface area contributed by atoms with Gasteiger partial charge in [0.15, 0.2) is 9.84 Å². The number of anilines is 1. The molecular formula is C14H20N2O3S. The van der Waals surface area contributed by atoms with E-state index in [9.17, 15) is 13.2 Å². The van der Waals surface area contributed by atoms with E-state index in [0.717, 1.165) is 5.56 Å². The molecule has 0 aromatic heterocycles. The lowest BCUT2D eigenvalue weighted by Gasteiger charge is -2.37. The highest BCUT2D eigenvalue weighted by atomic mass is 32.2. The van der Waals surface area contributed by atoms with Crippen molar-refractivity contribution >= 4 is 21.4 Å². The second-order valence-corrected chi connectivity index (χ2v) is 8.62. The molecule has 5 nitrogen and oxygen atoms in total. The summed E-state index contributed by atoms with van der Waals surface area (Å²) in [5.41, 5.74) is 7.64. The molecule has 1 fully saturated rings. The lowest BCUT2D eigenvalue weighted by molar-refractivity contribution is 0.0743. The predicted molar refractivity (Wildman–Crippen MR) is 79.4 cm³/mol. The summed E-state index contributed by atoms with van der Waals surface area (Å²) in [6.07, 6.45) is 0. The van der Waals surface area contributed by atoms with Crippen molar-refractivity contribution in [2.45, 2.75) is 25.5 Å². The van der Waals surface area contributed by atoms with Crippen molar-refractivity contribution in [2.75, 3.05) is 24.6 Å². The van der Waals surface area contributed by atoms with Gasteiger partial charge in [-0.2, -0.15) is 0 Å². The Morgan fingerprint density at radius 1 is 1.35 bits per heavy atom. The minimum Gasteiger partial charge on any atom is -0.399 e. The number of benzene rings is 1. The Balaban J connectivity index is 2.30. The van der Waals surface area contributed by atoms with Gasteiger partial charge in [-0.05, 0) is 38.5 Å². The summed E-state index contributed by atoms with van der Waals surface area (Å²) in [4.78, 5) is 14.1. The van der Waals surface area contributed by atoms with E-state index < -0.39 is 14.6 Å². The third kappa shape index (κ3) is 2.52. The van der Waals surface area contributed by atoms with Crippen LogP contribution < -0.4 is 5.73 Å². The minimum absolute atomic E-state index is 0.00705. The fourth-order valence-electron chi connectivity index (χ4n) is 2.36. The molecule has 1 heterocycles. The molecule has 0 bridgehead atoms. The van der Waals surface area contributed by atoms with Gasteiger partial charge in [-0.3, -0.25) is 4.79 Å². The number of carbonyl (C=O) groups excluding carboxylic acids is 1. The van der Waals surface area contributed by atoms with Crippen LogP contribution in [0.3, 0.4) is 0 Å². The topological polar surface area (TPSA) is 80.5 Å². The molecule has 1 aromatic rings. The fourth-order valence-corrected chi connectivity index (χ4v) is 3.72. The van der Waals surface area contributed by atoms with Crippen molar-refractivity contribution in [3.8, 4) is 0 Å². The Kier molecular flexibility index (Phi) is 3.54. The van der Waals surface area contributed by atoms with Crippen LogP contribution in [0.15, 0.2) is 18.2 Å². The molecule has 0 spiro atoms. The van der Waals surface area contributed by atoms with Crippen molar-refractivity contribution < 1.29 is 13.2 Å². The van der Waals surface area contributed by atoms with Crippen LogP contribution in [0.4, 0.5) is 5.69 Å². The highest BCUT2D eigenvalue weighted by Gasteiger charge is 2.41. The highest BCUT2D eigenvalue weighted by molar-refractivity contribution is 7.92. The van der Waals surface area contributed by atoms with Gasteiger partial charge < -0.3 is 10.6 Å². The Bertz CT molecular complexity index is 650. The number of hydrogen-bond donors (Lipinski definition) is 1. The molecule has 1 aliphatic heterocycles.